The number of nitrogens with zero attached hydrogens (tertiary/aromatic N) is 1. The first-order chi connectivity index (χ1) is 7.63. The Bertz CT molecular complexity index is 387. The fourth-order valence-electron chi connectivity index (χ4n) is 0.977. The van der Waals surface area contributed by atoms with Gasteiger partial charge in [-0.25, -0.2) is 0 Å². The molecule has 0 aliphatic heterocycles. The number of benzene rings is 1. The van der Waals surface area contributed by atoms with Crippen LogP contribution in [-0.2, 0) is 0 Å². The molecule has 0 amide bonds. The molecule has 0 unspecified atom stereocenters. The Morgan fingerprint density at radius 3 is 2.62 bits per heavy atom. The number of hydrogen-bond acceptors (Lipinski definition) is 4. The van der Waals surface area contributed by atoms with Crippen molar-refractivity contribution in [3.63, 3.8) is 0 Å². The smallest absolute Gasteiger partial charge is 0.249 e. The van der Waals surface area contributed by atoms with Crippen molar-refractivity contribution in [3.8, 4) is 5.75 Å². The lowest BCUT2D eigenvalue weighted by atomic mass is 10.3. The van der Waals surface area contributed by atoms with Gasteiger partial charge in [0.05, 0.1) is 11.5 Å². The molecule has 0 bridgehead atoms. The van der Waals surface area contributed by atoms with Crippen LogP contribution >= 0.6 is 11.8 Å². The van der Waals surface area contributed by atoms with Gasteiger partial charge in [-0.15, -0.1) is 0 Å². The van der Waals surface area contributed by atoms with Crippen molar-refractivity contribution < 1.29 is 9.66 Å². The zero-order chi connectivity index (χ0) is 12.0. The predicted octanol–water partition coefficient (Wildman–Crippen LogP) is 3.32. The van der Waals surface area contributed by atoms with E-state index in [4.69, 9.17) is 4.74 Å². The Labute approximate surface area is 98.5 Å². The highest BCUT2D eigenvalue weighted by Gasteiger charge is 2.01. The second kappa shape index (κ2) is 6.17. The van der Waals surface area contributed by atoms with Gasteiger partial charge in [0.15, 0.2) is 0 Å². The minimum absolute atomic E-state index is 0.138. The SMILES string of the molecule is CCOc1ccc(SC=C(C)[N+](=O)[O-])cc1. The number of ether oxygens (including phenoxy) is 1. The van der Waals surface area contributed by atoms with Gasteiger partial charge in [0.2, 0.25) is 5.70 Å². The van der Waals surface area contributed by atoms with Crippen molar-refractivity contribution in [2.24, 2.45) is 0 Å². The predicted molar refractivity (Wildman–Crippen MR) is 64.2 cm³/mol. The highest BCUT2D eigenvalue weighted by Crippen LogP contribution is 2.23. The summed E-state index contributed by atoms with van der Waals surface area (Å²) in [7, 11) is 0. The van der Waals surface area contributed by atoms with E-state index in [0.717, 1.165) is 10.6 Å². The lowest BCUT2D eigenvalue weighted by Gasteiger charge is -2.02. The van der Waals surface area contributed by atoms with Crippen molar-refractivity contribution in [1.82, 2.24) is 0 Å². The van der Waals surface area contributed by atoms with Crippen molar-refractivity contribution >= 4 is 11.8 Å². The number of allylic oxidation sites excluding steroid dienone is 1. The summed E-state index contributed by atoms with van der Waals surface area (Å²) in [5, 5.41) is 11.9. The van der Waals surface area contributed by atoms with Crippen LogP contribution in [0, 0.1) is 10.1 Å². The molecule has 0 spiro atoms. The summed E-state index contributed by atoms with van der Waals surface area (Å²) >= 11 is 1.32. The third kappa shape index (κ3) is 3.94. The fraction of sp³-hybridized carbons (Fsp3) is 0.273. The van der Waals surface area contributed by atoms with Gasteiger partial charge in [-0.05, 0) is 31.2 Å². The van der Waals surface area contributed by atoms with Crippen LogP contribution in [0.1, 0.15) is 13.8 Å². The molecule has 5 heteroatoms. The summed E-state index contributed by atoms with van der Waals surface area (Å²) in [6, 6.07) is 7.45. The maximum atomic E-state index is 10.4. The quantitative estimate of drug-likeness (QED) is 0.449. The molecular formula is C11H13NO3S. The van der Waals surface area contributed by atoms with E-state index in [1.165, 1.54) is 24.1 Å². The van der Waals surface area contributed by atoms with E-state index in [1.54, 1.807) is 0 Å². The zero-order valence-corrected chi connectivity index (χ0v) is 9.99. The average Bonchev–Trinajstić information content (AvgIpc) is 2.28. The van der Waals surface area contributed by atoms with E-state index in [-0.39, 0.29) is 5.70 Å². The van der Waals surface area contributed by atoms with Crippen LogP contribution < -0.4 is 4.74 Å². The maximum Gasteiger partial charge on any atom is 0.249 e. The molecule has 1 rings (SSSR count). The van der Waals surface area contributed by atoms with E-state index in [2.05, 4.69) is 0 Å². The van der Waals surface area contributed by atoms with Gasteiger partial charge < -0.3 is 4.74 Å². The van der Waals surface area contributed by atoms with E-state index in [9.17, 15) is 10.1 Å². The molecule has 0 aromatic heterocycles. The first-order valence-corrected chi connectivity index (χ1v) is 5.72. The molecule has 0 fully saturated rings. The minimum atomic E-state index is -0.401. The van der Waals surface area contributed by atoms with Crippen LogP contribution in [-0.4, -0.2) is 11.5 Å². The minimum Gasteiger partial charge on any atom is -0.494 e. The Hall–Kier alpha value is -1.49. The number of rotatable bonds is 5. The molecule has 0 N–H and O–H groups in total. The van der Waals surface area contributed by atoms with Gasteiger partial charge in [-0.3, -0.25) is 10.1 Å². The van der Waals surface area contributed by atoms with Crippen molar-refractivity contribution in [2.75, 3.05) is 6.61 Å². The molecule has 0 atom stereocenters. The molecule has 0 saturated heterocycles. The van der Waals surface area contributed by atoms with Gasteiger partial charge in [0, 0.05) is 17.2 Å². The largest absolute Gasteiger partial charge is 0.494 e. The number of hydrogen-bond donors (Lipinski definition) is 0. The van der Waals surface area contributed by atoms with E-state index >= 15 is 0 Å². The molecule has 1 aromatic carbocycles. The number of thioether (sulfide) groups is 1. The van der Waals surface area contributed by atoms with Gasteiger partial charge in [-0.2, -0.15) is 0 Å². The monoisotopic (exact) mass is 239 g/mol. The molecule has 4 nitrogen and oxygen atoms in total. The Balaban J connectivity index is 2.62. The molecular weight excluding hydrogens is 226 g/mol. The van der Waals surface area contributed by atoms with Crippen LogP contribution in [0.5, 0.6) is 5.75 Å². The summed E-state index contributed by atoms with van der Waals surface area (Å²) < 4.78 is 5.29. The summed E-state index contributed by atoms with van der Waals surface area (Å²) in [5.41, 5.74) is 0.138. The van der Waals surface area contributed by atoms with Crippen LogP contribution in [0.4, 0.5) is 0 Å². The second-order valence-electron chi connectivity index (χ2n) is 3.04. The van der Waals surface area contributed by atoms with Crippen LogP contribution in [0.15, 0.2) is 40.3 Å². The lowest BCUT2D eigenvalue weighted by Crippen LogP contribution is -1.92. The van der Waals surface area contributed by atoms with Gasteiger partial charge >= 0.3 is 0 Å². The third-order valence-electron chi connectivity index (χ3n) is 1.79. The molecule has 0 heterocycles. The van der Waals surface area contributed by atoms with Crippen molar-refractivity contribution in [1.29, 1.82) is 0 Å². The average molecular weight is 239 g/mol. The topological polar surface area (TPSA) is 52.4 Å². The summed E-state index contributed by atoms with van der Waals surface area (Å²) in [6.07, 6.45) is 0. The Morgan fingerprint density at radius 1 is 1.50 bits per heavy atom. The zero-order valence-electron chi connectivity index (χ0n) is 9.17. The molecule has 1 aromatic rings. The lowest BCUT2D eigenvalue weighted by molar-refractivity contribution is -0.424. The first-order valence-electron chi connectivity index (χ1n) is 4.84. The molecule has 0 saturated carbocycles. The van der Waals surface area contributed by atoms with Gasteiger partial charge in [0.25, 0.3) is 0 Å². The summed E-state index contributed by atoms with van der Waals surface area (Å²) in [4.78, 5) is 10.9. The second-order valence-corrected chi connectivity index (χ2v) is 3.98. The molecule has 86 valence electrons. The Morgan fingerprint density at radius 2 is 2.12 bits per heavy atom. The molecule has 0 aliphatic rings. The molecule has 0 aliphatic carbocycles. The van der Waals surface area contributed by atoms with Crippen LogP contribution in [0.2, 0.25) is 0 Å². The van der Waals surface area contributed by atoms with Crippen LogP contribution in [0.25, 0.3) is 0 Å². The first kappa shape index (κ1) is 12.6. The maximum absolute atomic E-state index is 10.4. The number of nitro groups is 1. The van der Waals surface area contributed by atoms with E-state index in [1.807, 2.05) is 31.2 Å². The molecule has 0 radical (unpaired) electrons. The van der Waals surface area contributed by atoms with E-state index < -0.39 is 4.92 Å². The van der Waals surface area contributed by atoms with Gasteiger partial charge in [-0.1, -0.05) is 11.8 Å². The highest BCUT2D eigenvalue weighted by atomic mass is 32.2. The standard InChI is InChI=1S/C11H13NO3S/c1-3-15-10-4-6-11(7-5-10)16-8-9(2)12(13)14/h4-8H,3H2,1-2H3. The highest BCUT2D eigenvalue weighted by molar-refractivity contribution is 8.02. The molecule has 16 heavy (non-hydrogen) atoms. The van der Waals surface area contributed by atoms with Crippen molar-refractivity contribution in [2.45, 2.75) is 18.7 Å². The fourth-order valence-corrected chi connectivity index (χ4v) is 1.66. The normalized spacial score (nSPS) is 11.2. The van der Waals surface area contributed by atoms with Crippen LogP contribution in [0.3, 0.4) is 0 Å². The third-order valence-corrected chi connectivity index (χ3v) is 2.79. The Kier molecular flexibility index (Phi) is 4.85. The van der Waals surface area contributed by atoms with Crippen molar-refractivity contribution in [3.05, 3.63) is 45.5 Å². The summed E-state index contributed by atoms with van der Waals surface area (Å²) in [6.45, 7) is 4.03. The summed E-state index contributed by atoms with van der Waals surface area (Å²) in [5.74, 6) is 0.807. The van der Waals surface area contributed by atoms with E-state index in [0.29, 0.717) is 6.61 Å². The van der Waals surface area contributed by atoms with Gasteiger partial charge in [0.1, 0.15) is 5.75 Å².